The lowest BCUT2D eigenvalue weighted by Gasteiger charge is -1.96. The maximum Gasteiger partial charge on any atom is 0.130 e. The minimum Gasteiger partial charge on any atom is -0.304 e. The molecule has 0 amide bonds. The zero-order valence-corrected chi connectivity index (χ0v) is 7.54. The largest absolute Gasteiger partial charge is 0.304 e. The molecule has 0 aliphatic heterocycles. The monoisotopic (exact) mass is 199 g/mol. The van der Waals surface area contributed by atoms with E-state index in [2.05, 4.69) is 4.84 Å². The Morgan fingerprint density at radius 2 is 2.14 bits per heavy atom. The highest BCUT2D eigenvalue weighted by Gasteiger charge is 1.99. The average Bonchev–Trinajstić information content (AvgIpc) is 2.18. The van der Waals surface area contributed by atoms with Gasteiger partial charge in [0.2, 0.25) is 0 Å². The van der Waals surface area contributed by atoms with Gasteiger partial charge in [-0.3, -0.25) is 0 Å². The molecule has 0 saturated carbocycles. The maximum absolute atomic E-state index is 13.0. The van der Waals surface area contributed by atoms with Crippen molar-refractivity contribution in [2.45, 2.75) is 6.42 Å². The van der Waals surface area contributed by atoms with Gasteiger partial charge in [0.15, 0.2) is 0 Å². The molecule has 0 heterocycles. The van der Waals surface area contributed by atoms with Crippen LogP contribution in [0, 0.1) is 11.6 Å². The molecule has 76 valence electrons. The second-order valence-corrected chi connectivity index (χ2v) is 2.73. The molecule has 4 heteroatoms. The van der Waals surface area contributed by atoms with Crippen LogP contribution < -0.4 is 5.90 Å². The minimum atomic E-state index is -0.457. The Labute approximate surface area is 80.9 Å². The van der Waals surface area contributed by atoms with E-state index >= 15 is 0 Å². The van der Waals surface area contributed by atoms with Crippen molar-refractivity contribution in [1.82, 2.24) is 0 Å². The van der Waals surface area contributed by atoms with E-state index in [1.54, 1.807) is 6.08 Å². The first-order valence-electron chi connectivity index (χ1n) is 4.17. The summed E-state index contributed by atoms with van der Waals surface area (Å²) in [7, 11) is 0. The Balaban J connectivity index is 2.65. The third-order valence-corrected chi connectivity index (χ3v) is 1.66. The zero-order valence-electron chi connectivity index (χ0n) is 7.54. The molecule has 1 aromatic carbocycles. The highest BCUT2D eigenvalue weighted by Crippen LogP contribution is 2.11. The van der Waals surface area contributed by atoms with Crippen molar-refractivity contribution < 1.29 is 13.6 Å². The molecule has 0 aliphatic rings. The molecule has 0 spiro atoms. The first kappa shape index (κ1) is 10.8. The summed E-state index contributed by atoms with van der Waals surface area (Å²) in [6.07, 6.45) is 3.73. The standard InChI is InChI=1S/C10H11F2NO/c11-9-4-5-10(12)8(7-9)3-1-2-6-14-13/h1,3-5,7H,2,6,13H2/b3-1+. The fourth-order valence-corrected chi connectivity index (χ4v) is 0.989. The Morgan fingerprint density at radius 3 is 2.86 bits per heavy atom. The maximum atomic E-state index is 13.0. The molecule has 0 bridgehead atoms. The number of rotatable bonds is 4. The van der Waals surface area contributed by atoms with E-state index in [0.717, 1.165) is 18.2 Å². The summed E-state index contributed by atoms with van der Waals surface area (Å²) in [5.74, 6) is 3.89. The molecule has 0 radical (unpaired) electrons. The number of hydrogen-bond acceptors (Lipinski definition) is 2. The van der Waals surface area contributed by atoms with Gasteiger partial charge in [0.25, 0.3) is 0 Å². The number of nitrogens with two attached hydrogens (primary N) is 1. The van der Waals surface area contributed by atoms with Crippen LogP contribution in [0.5, 0.6) is 0 Å². The van der Waals surface area contributed by atoms with Gasteiger partial charge in [-0.2, -0.15) is 0 Å². The van der Waals surface area contributed by atoms with Crippen LogP contribution in [0.15, 0.2) is 24.3 Å². The van der Waals surface area contributed by atoms with Crippen molar-refractivity contribution >= 4 is 6.08 Å². The number of hydrogen-bond donors (Lipinski definition) is 1. The molecule has 2 nitrogen and oxygen atoms in total. The van der Waals surface area contributed by atoms with Crippen LogP contribution in [-0.4, -0.2) is 6.61 Å². The summed E-state index contributed by atoms with van der Waals surface area (Å²) in [6.45, 7) is 0.355. The van der Waals surface area contributed by atoms with E-state index in [-0.39, 0.29) is 5.56 Å². The third kappa shape index (κ3) is 3.24. The second kappa shape index (κ2) is 5.47. The molecule has 2 N–H and O–H groups in total. The van der Waals surface area contributed by atoms with E-state index in [0.29, 0.717) is 13.0 Å². The van der Waals surface area contributed by atoms with Crippen LogP contribution in [0.25, 0.3) is 6.08 Å². The van der Waals surface area contributed by atoms with Gasteiger partial charge in [-0.25, -0.2) is 14.7 Å². The van der Waals surface area contributed by atoms with Gasteiger partial charge >= 0.3 is 0 Å². The zero-order chi connectivity index (χ0) is 10.4. The Hall–Kier alpha value is -1.26. The predicted octanol–water partition coefficient (Wildman–Crippen LogP) is 2.26. The minimum absolute atomic E-state index is 0.224. The molecule has 0 aliphatic carbocycles. The van der Waals surface area contributed by atoms with Crippen molar-refractivity contribution in [1.29, 1.82) is 0 Å². The number of halogens is 2. The molecule has 1 aromatic rings. The van der Waals surface area contributed by atoms with E-state index < -0.39 is 11.6 Å². The third-order valence-electron chi connectivity index (χ3n) is 1.66. The van der Waals surface area contributed by atoms with Crippen molar-refractivity contribution in [2.75, 3.05) is 6.61 Å². The normalized spacial score (nSPS) is 11.1. The molecule has 14 heavy (non-hydrogen) atoms. The van der Waals surface area contributed by atoms with E-state index in [1.807, 2.05) is 0 Å². The highest BCUT2D eigenvalue weighted by molar-refractivity contribution is 5.49. The van der Waals surface area contributed by atoms with Crippen LogP contribution >= 0.6 is 0 Å². The summed E-state index contributed by atoms with van der Waals surface area (Å²) in [5, 5.41) is 0. The van der Waals surface area contributed by atoms with Crippen LogP contribution in [0.1, 0.15) is 12.0 Å². The first-order chi connectivity index (χ1) is 6.74. The van der Waals surface area contributed by atoms with Gasteiger partial charge in [-0.1, -0.05) is 12.2 Å². The fourth-order valence-electron chi connectivity index (χ4n) is 0.989. The van der Waals surface area contributed by atoms with E-state index in [1.165, 1.54) is 6.08 Å². The van der Waals surface area contributed by atoms with Gasteiger partial charge in [0.05, 0.1) is 6.61 Å². The lowest BCUT2D eigenvalue weighted by atomic mass is 10.2. The van der Waals surface area contributed by atoms with Crippen LogP contribution in [0.3, 0.4) is 0 Å². The summed E-state index contributed by atoms with van der Waals surface area (Å²) >= 11 is 0. The molecular weight excluding hydrogens is 188 g/mol. The van der Waals surface area contributed by atoms with E-state index in [9.17, 15) is 8.78 Å². The van der Waals surface area contributed by atoms with Crippen molar-refractivity contribution in [2.24, 2.45) is 5.90 Å². The first-order valence-corrected chi connectivity index (χ1v) is 4.17. The lowest BCUT2D eigenvalue weighted by Crippen LogP contribution is -1.98. The molecule has 0 saturated heterocycles. The second-order valence-electron chi connectivity index (χ2n) is 2.73. The highest BCUT2D eigenvalue weighted by atomic mass is 19.1. The van der Waals surface area contributed by atoms with Crippen LogP contribution in [0.2, 0.25) is 0 Å². The van der Waals surface area contributed by atoms with Gasteiger partial charge in [-0.05, 0) is 24.6 Å². The van der Waals surface area contributed by atoms with Gasteiger partial charge in [0, 0.05) is 5.56 Å². The summed E-state index contributed by atoms with van der Waals surface area (Å²) in [5.41, 5.74) is 0.224. The molecule has 0 aromatic heterocycles. The summed E-state index contributed by atoms with van der Waals surface area (Å²) < 4.78 is 25.7. The molecule has 0 atom stereocenters. The van der Waals surface area contributed by atoms with Crippen LogP contribution in [-0.2, 0) is 4.84 Å². The van der Waals surface area contributed by atoms with Crippen molar-refractivity contribution in [3.8, 4) is 0 Å². The Kier molecular flexibility index (Phi) is 4.22. The quantitative estimate of drug-likeness (QED) is 0.596. The Morgan fingerprint density at radius 1 is 1.36 bits per heavy atom. The fraction of sp³-hybridized carbons (Fsp3) is 0.200. The summed E-state index contributed by atoms with van der Waals surface area (Å²) in [4.78, 5) is 4.31. The SMILES string of the molecule is NOCC/C=C/c1cc(F)ccc1F. The van der Waals surface area contributed by atoms with Crippen molar-refractivity contribution in [3.63, 3.8) is 0 Å². The van der Waals surface area contributed by atoms with E-state index in [4.69, 9.17) is 5.90 Å². The molecule has 1 rings (SSSR count). The molecule has 0 fully saturated rings. The molecular formula is C10H11F2NO. The van der Waals surface area contributed by atoms with Crippen LogP contribution in [0.4, 0.5) is 8.78 Å². The van der Waals surface area contributed by atoms with Gasteiger partial charge in [-0.15, -0.1) is 0 Å². The smallest absolute Gasteiger partial charge is 0.130 e. The predicted molar refractivity (Wildman–Crippen MR) is 50.1 cm³/mol. The van der Waals surface area contributed by atoms with Gasteiger partial charge in [0.1, 0.15) is 11.6 Å². The Bertz CT molecular complexity index is 326. The topological polar surface area (TPSA) is 35.2 Å². The van der Waals surface area contributed by atoms with Gasteiger partial charge < -0.3 is 4.84 Å². The average molecular weight is 199 g/mol. The number of benzene rings is 1. The molecule has 0 unspecified atom stereocenters. The lowest BCUT2D eigenvalue weighted by molar-refractivity contribution is 0.143. The van der Waals surface area contributed by atoms with Crippen molar-refractivity contribution in [3.05, 3.63) is 41.5 Å². The summed E-state index contributed by atoms with van der Waals surface area (Å²) in [6, 6.07) is 3.30.